The van der Waals surface area contributed by atoms with E-state index < -0.39 is 0 Å². The lowest BCUT2D eigenvalue weighted by Crippen LogP contribution is -2.46. The Morgan fingerprint density at radius 3 is 1.57 bits per heavy atom. The van der Waals surface area contributed by atoms with E-state index in [1.165, 1.54) is 27.6 Å². The molecule has 0 amide bonds. The molecule has 54 heavy (non-hydrogen) atoms. The summed E-state index contributed by atoms with van der Waals surface area (Å²) in [6.07, 6.45) is 0. The first-order chi connectivity index (χ1) is 26.2. The minimum absolute atomic E-state index is 0.227. The molecule has 0 spiro atoms. The van der Waals surface area contributed by atoms with Crippen LogP contribution in [0.2, 0.25) is 0 Å². The molecule has 0 aliphatic heterocycles. The van der Waals surface area contributed by atoms with E-state index in [-0.39, 0.29) is 5.41 Å². The van der Waals surface area contributed by atoms with Gasteiger partial charge >= 0.3 is 0 Å². The average molecular weight is 677 g/mol. The van der Waals surface area contributed by atoms with Crippen molar-refractivity contribution >= 4 is 113 Å². The van der Waals surface area contributed by atoms with Crippen molar-refractivity contribution in [2.45, 2.75) is 19.3 Å². The Morgan fingerprint density at radius 1 is 0.407 bits per heavy atom. The van der Waals surface area contributed by atoms with Gasteiger partial charge in [-0.2, -0.15) is 0 Å². The summed E-state index contributed by atoms with van der Waals surface area (Å²) in [7, 11) is 29.1. The Balaban J connectivity index is 1.28. The lowest BCUT2D eigenvalue weighted by molar-refractivity contribution is 0.660. The predicted octanol–water partition coefficient (Wildman–Crippen LogP) is 8.92. The highest BCUT2D eigenvalue weighted by Crippen LogP contribution is 2.51. The molecule has 0 saturated carbocycles. The molecule has 0 bridgehead atoms. The molecule has 1 aliphatic carbocycles. The molecule has 8 radical (unpaired) electrons. The van der Waals surface area contributed by atoms with Crippen LogP contribution < -0.4 is 26.8 Å². The largest absolute Gasteiger partial charge is 0.311 e. The van der Waals surface area contributed by atoms with E-state index in [4.69, 9.17) is 31.4 Å². The molecule has 1 aliphatic rings. The van der Waals surface area contributed by atoms with Gasteiger partial charge in [-0.05, 0) is 95.3 Å². The highest BCUT2D eigenvalue weighted by molar-refractivity contribution is 6.63. The van der Waals surface area contributed by atoms with E-state index in [2.05, 4.69) is 158 Å². The summed E-state index contributed by atoms with van der Waals surface area (Å²) >= 11 is 0. The van der Waals surface area contributed by atoms with Crippen molar-refractivity contribution in [3.05, 3.63) is 163 Å². The van der Waals surface area contributed by atoms with E-state index in [0.29, 0.717) is 33.1 Å². The van der Waals surface area contributed by atoms with Gasteiger partial charge in [-0.3, -0.25) is 0 Å². The fourth-order valence-corrected chi connectivity index (χ4v) is 9.05. The number of hydrogen-bond acceptors (Lipinski definition) is 1. The topological polar surface area (TPSA) is 3.24 Å². The second-order valence-electron chi connectivity index (χ2n) is 15.0. The van der Waals surface area contributed by atoms with E-state index in [9.17, 15) is 0 Å². The van der Waals surface area contributed by atoms with Crippen molar-refractivity contribution in [3.8, 4) is 22.3 Å². The maximum absolute atomic E-state index is 7.31. The molecular formula is C49H31B4N. The summed E-state index contributed by atoms with van der Waals surface area (Å²) in [5.74, 6) is 0. The van der Waals surface area contributed by atoms with Crippen molar-refractivity contribution in [3.63, 3.8) is 0 Å². The number of nitrogens with zero attached hydrogens (tertiary/aromatic N) is 1. The second-order valence-corrected chi connectivity index (χ2v) is 15.0. The first-order valence-corrected chi connectivity index (χ1v) is 18.4. The molecule has 1 nitrogen and oxygen atoms in total. The Hall–Kier alpha value is -5.92. The fourth-order valence-electron chi connectivity index (χ4n) is 9.05. The first-order valence-electron chi connectivity index (χ1n) is 18.4. The predicted molar refractivity (Wildman–Crippen MR) is 236 cm³/mol. The number of benzene rings is 9. The van der Waals surface area contributed by atoms with Crippen molar-refractivity contribution < 1.29 is 0 Å². The Kier molecular flexibility index (Phi) is 7.30. The number of fused-ring (bicyclic) bond motifs is 9. The van der Waals surface area contributed by atoms with E-state index >= 15 is 0 Å². The molecule has 0 heterocycles. The standard InChI is InChI=1S/C49H31B4N/c1-49(2)40-22-12-11-20-36(40)37-24-23-30(27-41(37)49)54(42-26-29-14-4-6-16-32(29)34-18-9-10-21-38(34)42)48-46(52)44(50)43(45(51)47(48)53)39-25-28-13-3-5-15-31(28)33-17-7-8-19-35(33)39/h3-27H,1-2H3. The minimum Gasteiger partial charge on any atom is -0.311 e. The molecule has 244 valence electrons. The molecule has 0 N–H and O–H groups in total. The lowest BCUT2D eigenvalue weighted by atomic mass is 9.64. The smallest absolute Gasteiger partial charge is 0.115 e. The Morgan fingerprint density at radius 2 is 0.907 bits per heavy atom. The third kappa shape index (κ3) is 4.64. The van der Waals surface area contributed by atoms with Gasteiger partial charge in [0.2, 0.25) is 0 Å². The normalized spacial score (nSPS) is 13.1. The van der Waals surface area contributed by atoms with Crippen LogP contribution in [0.15, 0.2) is 152 Å². The maximum atomic E-state index is 7.31. The Bertz CT molecular complexity index is 3010. The monoisotopic (exact) mass is 677 g/mol. The number of anilines is 3. The van der Waals surface area contributed by atoms with Crippen LogP contribution in [0.3, 0.4) is 0 Å². The van der Waals surface area contributed by atoms with Crippen LogP contribution in [-0.2, 0) is 5.41 Å². The van der Waals surface area contributed by atoms with Crippen LogP contribution in [0, 0.1) is 0 Å². The summed E-state index contributed by atoms with van der Waals surface area (Å²) in [5.41, 5.74) is 10.2. The molecule has 0 saturated heterocycles. The van der Waals surface area contributed by atoms with Gasteiger partial charge in [0.05, 0.1) is 5.69 Å². The summed E-state index contributed by atoms with van der Waals surface area (Å²) in [4.78, 5) is 2.17. The van der Waals surface area contributed by atoms with Crippen LogP contribution in [0.25, 0.3) is 65.3 Å². The lowest BCUT2D eigenvalue weighted by Gasteiger charge is -2.35. The molecule has 0 atom stereocenters. The Labute approximate surface area is 321 Å². The van der Waals surface area contributed by atoms with Crippen molar-refractivity contribution in [1.82, 2.24) is 0 Å². The van der Waals surface area contributed by atoms with Gasteiger partial charge < -0.3 is 4.90 Å². The van der Waals surface area contributed by atoms with Crippen LogP contribution in [0.1, 0.15) is 25.0 Å². The van der Waals surface area contributed by atoms with Crippen LogP contribution >= 0.6 is 0 Å². The molecule has 9 aromatic rings. The van der Waals surface area contributed by atoms with Crippen LogP contribution in [0.5, 0.6) is 0 Å². The van der Waals surface area contributed by atoms with Crippen molar-refractivity contribution in [2.24, 2.45) is 0 Å². The number of hydrogen-bond donors (Lipinski definition) is 0. The van der Waals surface area contributed by atoms with E-state index in [1.54, 1.807) is 0 Å². The van der Waals surface area contributed by atoms with E-state index in [0.717, 1.165) is 54.6 Å². The highest BCUT2D eigenvalue weighted by Gasteiger charge is 2.36. The highest BCUT2D eigenvalue weighted by atomic mass is 15.1. The van der Waals surface area contributed by atoms with Gasteiger partial charge in [-0.1, -0.05) is 163 Å². The molecule has 0 aromatic heterocycles. The zero-order valence-corrected chi connectivity index (χ0v) is 30.2. The summed E-state index contributed by atoms with van der Waals surface area (Å²) in [6.45, 7) is 4.58. The van der Waals surface area contributed by atoms with E-state index in [1.807, 2.05) is 12.1 Å². The third-order valence-corrected chi connectivity index (χ3v) is 11.7. The van der Waals surface area contributed by atoms with Gasteiger partial charge in [0.15, 0.2) is 0 Å². The third-order valence-electron chi connectivity index (χ3n) is 11.7. The summed E-state index contributed by atoms with van der Waals surface area (Å²) < 4.78 is 0. The van der Waals surface area contributed by atoms with Crippen LogP contribution in [-0.4, -0.2) is 31.4 Å². The molecule has 5 heteroatoms. The number of rotatable bonds is 4. The second kappa shape index (κ2) is 12.1. The summed E-state index contributed by atoms with van der Waals surface area (Å²) in [6, 6.07) is 53.4. The van der Waals surface area contributed by atoms with Gasteiger partial charge in [-0.25, -0.2) is 0 Å². The molecule has 0 fully saturated rings. The quantitative estimate of drug-likeness (QED) is 0.133. The maximum Gasteiger partial charge on any atom is 0.115 e. The zero-order valence-electron chi connectivity index (χ0n) is 30.2. The first kappa shape index (κ1) is 32.7. The van der Waals surface area contributed by atoms with Crippen molar-refractivity contribution in [1.29, 1.82) is 0 Å². The minimum atomic E-state index is -0.227. The summed E-state index contributed by atoms with van der Waals surface area (Å²) in [5, 5.41) is 8.82. The molecule has 9 aromatic carbocycles. The van der Waals surface area contributed by atoms with Gasteiger partial charge in [0.1, 0.15) is 31.4 Å². The zero-order chi connectivity index (χ0) is 36.9. The van der Waals surface area contributed by atoms with Crippen molar-refractivity contribution in [2.75, 3.05) is 4.90 Å². The molecule has 0 unspecified atom stereocenters. The van der Waals surface area contributed by atoms with Gasteiger partial charge in [0, 0.05) is 22.2 Å². The SMILES string of the molecule is [B]c1c([B])c(N(c2ccc3c(c2)C(C)(C)c2ccccc2-3)c2cc3ccccc3c3ccccc23)c([B])c([B])c1-c1cc2ccccc2c2ccccc12. The van der Waals surface area contributed by atoms with Gasteiger partial charge in [0.25, 0.3) is 0 Å². The fraction of sp³-hybridized carbons (Fsp3) is 0.0612. The molecule has 10 rings (SSSR count). The van der Waals surface area contributed by atoms with Gasteiger partial charge in [-0.15, -0.1) is 0 Å². The molecular weight excluding hydrogens is 646 g/mol. The van der Waals surface area contributed by atoms with Crippen LogP contribution in [0.4, 0.5) is 17.1 Å². The average Bonchev–Trinajstić information content (AvgIpc) is 3.44.